The van der Waals surface area contributed by atoms with Gasteiger partial charge in [-0.15, -0.1) is 0 Å². The monoisotopic (exact) mass is 249 g/mol. The number of nitrogens with zero attached hydrogens (tertiary/aromatic N) is 3. The zero-order valence-electron chi connectivity index (χ0n) is 10.1. The van der Waals surface area contributed by atoms with Crippen LogP contribution in [0.3, 0.4) is 0 Å². The Bertz CT molecular complexity index is 675. The average Bonchev–Trinajstić information content (AvgIpc) is 2.74. The molecule has 0 fully saturated rings. The summed E-state index contributed by atoms with van der Waals surface area (Å²) in [7, 11) is 0. The fraction of sp³-hybridized carbons (Fsp3) is 0.133. The van der Waals surface area contributed by atoms with Crippen LogP contribution in [0.15, 0.2) is 59.7 Å². The summed E-state index contributed by atoms with van der Waals surface area (Å²) >= 11 is 0. The van der Waals surface area contributed by atoms with Crippen molar-refractivity contribution >= 4 is 5.78 Å². The summed E-state index contributed by atoms with van der Waals surface area (Å²) in [5.41, 5.74) is 11.1. The van der Waals surface area contributed by atoms with E-state index in [1.807, 2.05) is 48.5 Å². The van der Waals surface area contributed by atoms with Gasteiger partial charge in [-0.1, -0.05) is 59.7 Å². The lowest BCUT2D eigenvalue weighted by atomic mass is 9.92. The van der Waals surface area contributed by atoms with Gasteiger partial charge in [0.2, 0.25) is 0 Å². The highest BCUT2D eigenvalue weighted by Gasteiger charge is 2.39. The van der Waals surface area contributed by atoms with Gasteiger partial charge in [0.1, 0.15) is 0 Å². The first-order valence-corrected chi connectivity index (χ1v) is 6.05. The molecular formula is C15H11N3O. The molecule has 0 aromatic heterocycles. The van der Waals surface area contributed by atoms with Crippen LogP contribution in [0.25, 0.3) is 10.4 Å². The zero-order valence-corrected chi connectivity index (χ0v) is 10.1. The molecule has 92 valence electrons. The smallest absolute Gasteiger partial charge is 0.171 e. The number of benzene rings is 2. The quantitative estimate of drug-likeness (QED) is 0.450. The molecule has 4 heteroatoms. The highest BCUT2D eigenvalue weighted by atomic mass is 16.1. The van der Waals surface area contributed by atoms with Crippen LogP contribution in [-0.2, 0) is 0 Å². The number of carbonyl (C=O) groups is 1. The summed E-state index contributed by atoms with van der Waals surface area (Å²) in [6.07, 6.45) is 0. The summed E-state index contributed by atoms with van der Waals surface area (Å²) in [5.74, 6) is -0.381. The molecule has 1 aliphatic rings. The van der Waals surface area contributed by atoms with Gasteiger partial charge in [0, 0.05) is 10.5 Å². The molecule has 4 nitrogen and oxygen atoms in total. The van der Waals surface area contributed by atoms with Crippen molar-refractivity contribution in [2.24, 2.45) is 5.11 Å². The van der Waals surface area contributed by atoms with E-state index in [0.717, 1.165) is 11.1 Å². The molecule has 0 bridgehead atoms. The maximum atomic E-state index is 12.5. The van der Waals surface area contributed by atoms with Crippen molar-refractivity contribution in [1.82, 2.24) is 0 Å². The first-order chi connectivity index (χ1) is 9.33. The summed E-state index contributed by atoms with van der Waals surface area (Å²) in [6.45, 7) is 0. The maximum Gasteiger partial charge on any atom is 0.171 e. The van der Waals surface area contributed by atoms with Gasteiger partial charge in [0.15, 0.2) is 5.78 Å². The van der Waals surface area contributed by atoms with Gasteiger partial charge < -0.3 is 0 Å². The van der Waals surface area contributed by atoms with Crippen LogP contribution < -0.4 is 0 Å². The number of carbonyl (C=O) groups excluding carboxylic acids is 1. The molecule has 0 saturated heterocycles. The van der Waals surface area contributed by atoms with Crippen molar-refractivity contribution in [3.8, 4) is 0 Å². The molecule has 3 rings (SSSR count). The van der Waals surface area contributed by atoms with Crippen LogP contribution in [0.1, 0.15) is 33.4 Å². The molecule has 2 aromatic carbocycles. The highest BCUT2D eigenvalue weighted by molar-refractivity contribution is 6.06. The van der Waals surface area contributed by atoms with Gasteiger partial charge in [-0.05, 0) is 16.7 Å². The van der Waals surface area contributed by atoms with E-state index in [2.05, 4.69) is 10.0 Å². The van der Waals surface area contributed by atoms with Gasteiger partial charge in [0.05, 0.1) is 12.0 Å². The standard InChI is InChI=1S/C15H11N3O/c16-18-17-14-11-8-4-5-9-12(11)15(19)13(14)10-6-2-1-3-7-10/h1-9,13-14H. The van der Waals surface area contributed by atoms with Crippen LogP contribution in [0.4, 0.5) is 0 Å². The van der Waals surface area contributed by atoms with Crippen LogP contribution in [-0.4, -0.2) is 5.78 Å². The average molecular weight is 249 g/mol. The normalized spacial score (nSPS) is 20.7. The summed E-state index contributed by atoms with van der Waals surface area (Å²) in [4.78, 5) is 15.4. The molecule has 19 heavy (non-hydrogen) atoms. The fourth-order valence-electron chi connectivity index (χ4n) is 2.65. The van der Waals surface area contributed by atoms with Crippen molar-refractivity contribution < 1.29 is 4.79 Å². The lowest BCUT2D eigenvalue weighted by Gasteiger charge is -2.14. The third-order valence-electron chi connectivity index (χ3n) is 3.48. The van der Waals surface area contributed by atoms with E-state index < -0.39 is 12.0 Å². The number of fused-ring (bicyclic) bond motifs is 1. The minimum absolute atomic E-state index is 0.0270. The number of hydrogen-bond donors (Lipinski definition) is 0. The summed E-state index contributed by atoms with van der Waals surface area (Å²) in [5, 5.41) is 3.83. The van der Waals surface area contributed by atoms with Gasteiger partial charge >= 0.3 is 0 Å². The summed E-state index contributed by atoms with van der Waals surface area (Å²) < 4.78 is 0. The number of rotatable bonds is 2. The molecular weight excluding hydrogens is 238 g/mol. The predicted octanol–water partition coefficient (Wildman–Crippen LogP) is 4.02. The molecule has 0 amide bonds. The van der Waals surface area contributed by atoms with E-state index >= 15 is 0 Å². The highest BCUT2D eigenvalue weighted by Crippen LogP contribution is 2.44. The van der Waals surface area contributed by atoms with Crippen molar-refractivity contribution in [3.63, 3.8) is 0 Å². The van der Waals surface area contributed by atoms with Gasteiger partial charge in [-0.3, -0.25) is 4.79 Å². The minimum Gasteiger partial charge on any atom is -0.293 e. The van der Waals surface area contributed by atoms with Crippen molar-refractivity contribution in [2.45, 2.75) is 12.0 Å². The third-order valence-corrected chi connectivity index (χ3v) is 3.48. The molecule has 0 radical (unpaired) electrons. The minimum atomic E-state index is -0.448. The predicted molar refractivity (Wildman–Crippen MR) is 71.8 cm³/mol. The Labute approximate surface area is 110 Å². The molecule has 2 aromatic rings. The maximum absolute atomic E-state index is 12.5. The summed E-state index contributed by atoms with van der Waals surface area (Å²) in [6, 6.07) is 16.4. The molecule has 0 heterocycles. The Hall–Kier alpha value is -2.58. The zero-order chi connectivity index (χ0) is 13.2. The number of ketones is 1. The van der Waals surface area contributed by atoms with E-state index in [9.17, 15) is 4.79 Å². The second-order valence-corrected chi connectivity index (χ2v) is 4.49. The number of hydrogen-bond acceptors (Lipinski definition) is 2. The Morgan fingerprint density at radius 2 is 1.68 bits per heavy atom. The topological polar surface area (TPSA) is 65.8 Å². The SMILES string of the molecule is [N-]=[N+]=NC1c2ccccc2C(=O)C1c1ccccc1. The third kappa shape index (κ3) is 1.79. The fourth-order valence-corrected chi connectivity index (χ4v) is 2.65. The first kappa shape index (κ1) is 11.5. The Morgan fingerprint density at radius 1 is 1.00 bits per heavy atom. The lowest BCUT2D eigenvalue weighted by molar-refractivity contribution is 0.0965. The van der Waals surface area contributed by atoms with E-state index in [-0.39, 0.29) is 5.78 Å². The molecule has 0 aliphatic heterocycles. The molecule has 0 saturated carbocycles. The van der Waals surface area contributed by atoms with Crippen molar-refractivity contribution in [1.29, 1.82) is 0 Å². The van der Waals surface area contributed by atoms with E-state index in [0.29, 0.717) is 5.56 Å². The van der Waals surface area contributed by atoms with E-state index in [4.69, 9.17) is 5.53 Å². The van der Waals surface area contributed by atoms with Crippen LogP contribution in [0, 0.1) is 0 Å². The van der Waals surface area contributed by atoms with Crippen LogP contribution >= 0.6 is 0 Å². The number of Topliss-reactive ketones (excluding diaryl/α,β-unsaturated/α-hetero) is 1. The van der Waals surface area contributed by atoms with Crippen LogP contribution in [0.5, 0.6) is 0 Å². The van der Waals surface area contributed by atoms with Crippen molar-refractivity contribution in [2.75, 3.05) is 0 Å². The largest absolute Gasteiger partial charge is 0.293 e. The first-order valence-electron chi connectivity index (χ1n) is 6.05. The second-order valence-electron chi connectivity index (χ2n) is 4.49. The molecule has 0 N–H and O–H groups in total. The van der Waals surface area contributed by atoms with Gasteiger partial charge in [-0.2, -0.15) is 0 Å². The molecule has 2 unspecified atom stereocenters. The van der Waals surface area contributed by atoms with Gasteiger partial charge in [0.25, 0.3) is 0 Å². The van der Waals surface area contributed by atoms with Gasteiger partial charge in [-0.25, -0.2) is 0 Å². The second kappa shape index (κ2) is 4.59. The van der Waals surface area contributed by atoms with Crippen molar-refractivity contribution in [3.05, 3.63) is 81.7 Å². The molecule has 1 aliphatic carbocycles. The molecule has 0 spiro atoms. The lowest BCUT2D eigenvalue weighted by Crippen LogP contribution is -2.10. The van der Waals surface area contributed by atoms with E-state index in [1.165, 1.54) is 0 Å². The van der Waals surface area contributed by atoms with E-state index in [1.54, 1.807) is 6.07 Å². The Kier molecular flexibility index (Phi) is 2.78. The number of azide groups is 1. The molecule has 2 atom stereocenters. The Morgan fingerprint density at radius 3 is 2.42 bits per heavy atom. The van der Waals surface area contributed by atoms with Crippen LogP contribution in [0.2, 0.25) is 0 Å². The Balaban J connectivity index is 2.16.